The fourth-order valence-corrected chi connectivity index (χ4v) is 3.00. The Balaban J connectivity index is 1.59. The topological polar surface area (TPSA) is 58.6 Å². The van der Waals surface area contributed by atoms with Crippen LogP contribution >= 0.6 is 0 Å². The van der Waals surface area contributed by atoms with E-state index in [-0.39, 0.29) is 17.9 Å². The normalized spacial score (nSPS) is 14.0. The Morgan fingerprint density at radius 2 is 1.96 bits per heavy atom. The number of benzene rings is 2. The molecule has 0 spiro atoms. The molecule has 136 valence electrons. The molecule has 1 aliphatic heterocycles. The number of anilines is 1. The van der Waals surface area contributed by atoms with E-state index >= 15 is 0 Å². The van der Waals surface area contributed by atoms with E-state index in [9.17, 15) is 9.59 Å². The number of carbonyl (C=O) groups excluding carboxylic acids is 2. The Kier molecular flexibility index (Phi) is 5.56. The van der Waals surface area contributed by atoms with Gasteiger partial charge in [-0.05, 0) is 62.2 Å². The summed E-state index contributed by atoms with van der Waals surface area (Å²) in [4.78, 5) is 25.9. The van der Waals surface area contributed by atoms with Gasteiger partial charge in [-0.3, -0.25) is 9.59 Å². The maximum absolute atomic E-state index is 12.4. The van der Waals surface area contributed by atoms with Gasteiger partial charge >= 0.3 is 0 Å². The smallest absolute Gasteiger partial charge is 0.251 e. The molecule has 0 atom stereocenters. The molecule has 1 fully saturated rings. The van der Waals surface area contributed by atoms with Crippen LogP contribution in [0.25, 0.3) is 0 Å². The van der Waals surface area contributed by atoms with Crippen molar-refractivity contribution in [2.45, 2.75) is 39.3 Å². The molecule has 5 heteroatoms. The second kappa shape index (κ2) is 8.04. The van der Waals surface area contributed by atoms with E-state index in [4.69, 9.17) is 4.74 Å². The molecule has 1 heterocycles. The molecule has 5 nitrogen and oxygen atoms in total. The van der Waals surface area contributed by atoms with Crippen LogP contribution in [0.1, 0.15) is 42.6 Å². The minimum absolute atomic E-state index is 0.112. The molecule has 1 saturated heterocycles. The lowest BCUT2D eigenvalue weighted by atomic mass is 10.1. The third-order valence-corrected chi connectivity index (χ3v) is 4.24. The lowest BCUT2D eigenvalue weighted by Crippen LogP contribution is -2.25. The van der Waals surface area contributed by atoms with Crippen LogP contribution in [-0.2, 0) is 11.3 Å². The van der Waals surface area contributed by atoms with E-state index < -0.39 is 0 Å². The number of nitrogens with zero attached hydrogens (tertiary/aromatic N) is 1. The van der Waals surface area contributed by atoms with Crippen molar-refractivity contribution in [1.82, 2.24) is 5.32 Å². The minimum Gasteiger partial charge on any atom is -0.491 e. The van der Waals surface area contributed by atoms with Crippen LogP contribution in [0, 0.1) is 0 Å². The van der Waals surface area contributed by atoms with Crippen LogP contribution in [0.15, 0.2) is 48.5 Å². The van der Waals surface area contributed by atoms with Crippen LogP contribution in [0.3, 0.4) is 0 Å². The Bertz CT molecular complexity index is 784. The Labute approximate surface area is 154 Å². The van der Waals surface area contributed by atoms with Crippen LogP contribution in [0.4, 0.5) is 5.69 Å². The molecule has 0 aliphatic carbocycles. The van der Waals surface area contributed by atoms with Crippen LogP contribution in [-0.4, -0.2) is 24.5 Å². The van der Waals surface area contributed by atoms with E-state index in [1.165, 1.54) is 0 Å². The number of ether oxygens (including phenoxy) is 1. The Morgan fingerprint density at radius 1 is 1.19 bits per heavy atom. The number of hydrogen-bond acceptors (Lipinski definition) is 3. The first-order chi connectivity index (χ1) is 12.5. The molecule has 1 N–H and O–H groups in total. The second-order valence-electron chi connectivity index (χ2n) is 6.69. The van der Waals surface area contributed by atoms with Crippen LogP contribution in [0.5, 0.6) is 5.75 Å². The van der Waals surface area contributed by atoms with Gasteiger partial charge < -0.3 is 15.0 Å². The highest BCUT2D eigenvalue weighted by atomic mass is 16.5. The van der Waals surface area contributed by atoms with Crippen LogP contribution < -0.4 is 15.0 Å². The van der Waals surface area contributed by atoms with Crippen molar-refractivity contribution < 1.29 is 14.3 Å². The van der Waals surface area contributed by atoms with E-state index in [0.717, 1.165) is 30.0 Å². The van der Waals surface area contributed by atoms with Gasteiger partial charge in [-0.15, -0.1) is 0 Å². The SMILES string of the molecule is CC(C)Oc1cccc(CNC(=O)c2ccc(N3CCCC3=O)cc2)c1. The van der Waals surface area contributed by atoms with Gasteiger partial charge in [-0.1, -0.05) is 12.1 Å². The fraction of sp³-hybridized carbons (Fsp3) is 0.333. The third kappa shape index (κ3) is 4.42. The zero-order chi connectivity index (χ0) is 18.5. The Hall–Kier alpha value is -2.82. The summed E-state index contributed by atoms with van der Waals surface area (Å²) >= 11 is 0. The minimum atomic E-state index is -0.139. The van der Waals surface area contributed by atoms with Gasteiger partial charge in [0.15, 0.2) is 0 Å². The van der Waals surface area contributed by atoms with Gasteiger partial charge in [0.2, 0.25) is 5.91 Å². The summed E-state index contributed by atoms with van der Waals surface area (Å²) < 4.78 is 5.67. The van der Waals surface area contributed by atoms with Crippen molar-refractivity contribution in [3.63, 3.8) is 0 Å². The lowest BCUT2D eigenvalue weighted by molar-refractivity contribution is -0.117. The lowest BCUT2D eigenvalue weighted by Gasteiger charge is -2.16. The van der Waals surface area contributed by atoms with Crippen molar-refractivity contribution >= 4 is 17.5 Å². The molecule has 26 heavy (non-hydrogen) atoms. The highest BCUT2D eigenvalue weighted by molar-refractivity contribution is 5.97. The maximum Gasteiger partial charge on any atom is 0.251 e. The van der Waals surface area contributed by atoms with Gasteiger partial charge in [-0.2, -0.15) is 0 Å². The summed E-state index contributed by atoms with van der Waals surface area (Å²) in [7, 11) is 0. The number of nitrogens with one attached hydrogen (secondary N) is 1. The maximum atomic E-state index is 12.4. The molecule has 3 rings (SSSR count). The molecule has 2 aromatic carbocycles. The summed E-state index contributed by atoms with van der Waals surface area (Å²) in [6, 6.07) is 14.9. The molecule has 2 aromatic rings. The van der Waals surface area contributed by atoms with Gasteiger partial charge in [0, 0.05) is 30.8 Å². The third-order valence-electron chi connectivity index (χ3n) is 4.24. The zero-order valence-electron chi connectivity index (χ0n) is 15.2. The molecule has 0 radical (unpaired) electrons. The molecule has 2 amide bonds. The molecule has 0 saturated carbocycles. The van der Waals surface area contributed by atoms with Gasteiger partial charge in [-0.25, -0.2) is 0 Å². The number of rotatable bonds is 6. The molecule has 1 aliphatic rings. The summed E-state index contributed by atoms with van der Waals surface area (Å²) in [5.74, 6) is 0.802. The molecular weight excluding hydrogens is 328 g/mol. The average Bonchev–Trinajstić information content (AvgIpc) is 3.05. The highest BCUT2D eigenvalue weighted by Crippen LogP contribution is 2.21. The number of hydrogen-bond donors (Lipinski definition) is 1. The first kappa shape index (κ1) is 18.0. The summed E-state index contributed by atoms with van der Waals surface area (Å²) in [6.07, 6.45) is 1.60. The molecule has 0 bridgehead atoms. The zero-order valence-corrected chi connectivity index (χ0v) is 15.2. The first-order valence-electron chi connectivity index (χ1n) is 8.97. The number of amides is 2. The standard InChI is InChI=1S/C21H24N2O3/c1-15(2)26-19-6-3-5-16(13-19)14-22-21(25)17-8-10-18(11-9-17)23-12-4-7-20(23)24/h3,5-6,8-11,13,15H,4,7,12,14H2,1-2H3,(H,22,25). The van der Waals surface area contributed by atoms with Crippen molar-refractivity contribution in [2.24, 2.45) is 0 Å². The van der Waals surface area contributed by atoms with E-state index in [2.05, 4.69) is 5.32 Å². The monoisotopic (exact) mass is 352 g/mol. The largest absolute Gasteiger partial charge is 0.491 e. The van der Waals surface area contributed by atoms with E-state index in [1.807, 2.05) is 50.2 Å². The Morgan fingerprint density at radius 3 is 2.62 bits per heavy atom. The van der Waals surface area contributed by atoms with Gasteiger partial charge in [0.25, 0.3) is 5.91 Å². The highest BCUT2D eigenvalue weighted by Gasteiger charge is 2.21. The van der Waals surface area contributed by atoms with E-state index in [0.29, 0.717) is 18.5 Å². The molecule has 0 aromatic heterocycles. The predicted octanol–water partition coefficient (Wildman–Crippen LogP) is 3.53. The quantitative estimate of drug-likeness (QED) is 0.865. The summed E-state index contributed by atoms with van der Waals surface area (Å²) in [6.45, 7) is 5.14. The summed E-state index contributed by atoms with van der Waals surface area (Å²) in [5.41, 5.74) is 2.41. The average molecular weight is 352 g/mol. The van der Waals surface area contributed by atoms with Crippen molar-refractivity contribution in [3.8, 4) is 5.75 Å². The fourth-order valence-electron chi connectivity index (χ4n) is 3.00. The number of carbonyl (C=O) groups is 2. The molecular formula is C21H24N2O3. The van der Waals surface area contributed by atoms with Crippen LogP contribution in [0.2, 0.25) is 0 Å². The second-order valence-corrected chi connectivity index (χ2v) is 6.69. The van der Waals surface area contributed by atoms with Crippen molar-refractivity contribution in [3.05, 3.63) is 59.7 Å². The van der Waals surface area contributed by atoms with Gasteiger partial charge in [0.05, 0.1) is 6.10 Å². The van der Waals surface area contributed by atoms with Crippen molar-refractivity contribution in [1.29, 1.82) is 0 Å². The summed E-state index contributed by atoms with van der Waals surface area (Å²) in [5, 5.41) is 2.92. The van der Waals surface area contributed by atoms with E-state index in [1.54, 1.807) is 17.0 Å². The predicted molar refractivity (Wildman–Crippen MR) is 101 cm³/mol. The molecule has 0 unspecified atom stereocenters. The van der Waals surface area contributed by atoms with Crippen molar-refractivity contribution in [2.75, 3.05) is 11.4 Å². The first-order valence-corrected chi connectivity index (χ1v) is 8.97. The van der Waals surface area contributed by atoms with Gasteiger partial charge in [0.1, 0.15) is 5.75 Å².